The first-order chi connectivity index (χ1) is 17.0. The molecule has 14 nitrogen and oxygen atoms in total. The van der Waals surface area contributed by atoms with Crippen LogP contribution < -0.4 is 20.1 Å². The van der Waals surface area contributed by atoms with Gasteiger partial charge in [0.1, 0.15) is 22.6 Å². The first-order valence-corrected chi connectivity index (χ1v) is 10.00. The van der Waals surface area contributed by atoms with Crippen molar-refractivity contribution in [2.75, 3.05) is 26.3 Å². The Bertz CT molecular complexity index is 1110. The van der Waals surface area contributed by atoms with E-state index in [9.17, 15) is 28.8 Å². The van der Waals surface area contributed by atoms with Gasteiger partial charge in [-0.3, -0.25) is 9.59 Å². The summed E-state index contributed by atoms with van der Waals surface area (Å²) in [6.45, 7) is -1.38. The second-order valence-corrected chi connectivity index (χ2v) is 6.92. The highest BCUT2D eigenvalue weighted by Gasteiger charge is 2.17. The number of benzene rings is 2. The summed E-state index contributed by atoms with van der Waals surface area (Å²) >= 11 is 0. The van der Waals surface area contributed by atoms with Crippen molar-refractivity contribution in [2.24, 2.45) is 0 Å². The van der Waals surface area contributed by atoms with E-state index in [1.54, 1.807) is 0 Å². The maximum Gasteiger partial charge on any atom is 0.339 e. The second-order valence-electron chi connectivity index (χ2n) is 6.92. The number of hydrogen-bond donors (Lipinski definition) is 6. The molecule has 0 spiro atoms. The molecule has 0 aromatic heterocycles. The molecular formula is C22H20N2O12. The van der Waals surface area contributed by atoms with Crippen LogP contribution in [0.3, 0.4) is 0 Å². The lowest BCUT2D eigenvalue weighted by molar-refractivity contribution is -0.124. The Balaban J connectivity index is 1.80. The monoisotopic (exact) mass is 504 g/mol. The highest BCUT2D eigenvalue weighted by Crippen LogP contribution is 2.22. The Hall–Kier alpha value is -5.14. The number of hydrogen-bond acceptors (Lipinski definition) is 8. The minimum absolute atomic E-state index is 0.0657. The standard InChI is InChI=1S/C22H20N2O12/c25-17(9-35-15-7-11(19(27)28)1-3-13(15)21(31)32)23-5-6-24-18(26)10-36-16-8-12(20(29)30)2-4-14(16)22(33)34/h1-4,7-8H,5-6,9-10H2,(H,23,25)(H,24,26)(H,27,28)(H,29,30)(H,31,32)(H,33,34). The van der Waals surface area contributed by atoms with E-state index in [2.05, 4.69) is 10.6 Å². The van der Waals surface area contributed by atoms with Crippen LogP contribution in [0.25, 0.3) is 0 Å². The number of amides is 2. The molecule has 0 saturated carbocycles. The number of ether oxygens (including phenoxy) is 2. The van der Waals surface area contributed by atoms with Crippen molar-refractivity contribution in [1.82, 2.24) is 10.6 Å². The predicted octanol–water partition coefficient (Wildman–Crippen LogP) is 0.170. The summed E-state index contributed by atoms with van der Waals surface area (Å²) in [5, 5.41) is 41.1. The van der Waals surface area contributed by atoms with Gasteiger partial charge in [0.2, 0.25) is 0 Å². The average Bonchev–Trinajstić information content (AvgIpc) is 2.83. The smallest absolute Gasteiger partial charge is 0.339 e. The maximum atomic E-state index is 11.9. The highest BCUT2D eigenvalue weighted by molar-refractivity contribution is 5.95. The van der Waals surface area contributed by atoms with Gasteiger partial charge in [0.15, 0.2) is 13.2 Å². The minimum Gasteiger partial charge on any atom is -0.483 e. The van der Waals surface area contributed by atoms with Crippen molar-refractivity contribution < 1.29 is 58.7 Å². The molecule has 0 aliphatic heterocycles. The molecule has 14 heteroatoms. The summed E-state index contributed by atoms with van der Waals surface area (Å²) in [5.74, 6) is -7.37. The number of carboxylic acids is 4. The van der Waals surface area contributed by atoms with E-state index in [4.69, 9.17) is 29.9 Å². The van der Waals surface area contributed by atoms with Crippen molar-refractivity contribution in [3.05, 3.63) is 58.7 Å². The Kier molecular flexibility index (Phi) is 9.31. The number of nitrogens with one attached hydrogen (secondary N) is 2. The zero-order valence-electron chi connectivity index (χ0n) is 18.3. The van der Waals surface area contributed by atoms with Gasteiger partial charge >= 0.3 is 23.9 Å². The molecule has 36 heavy (non-hydrogen) atoms. The highest BCUT2D eigenvalue weighted by atomic mass is 16.5. The molecule has 0 fully saturated rings. The molecule has 0 atom stereocenters. The molecule has 0 heterocycles. The average molecular weight is 504 g/mol. The van der Waals surface area contributed by atoms with Crippen LogP contribution in [0.15, 0.2) is 36.4 Å². The quantitative estimate of drug-likeness (QED) is 0.201. The predicted molar refractivity (Wildman–Crippen MR) is 118 cm³/mol. The fraction of sp³-hybridized carbons (Fsp3) is 0.182. The van der Waals surface area contributed by atoms with Crippen molar-refractivity contribution in [3.8, 4) is 11.5 Å². The number of carbonyl (C=O) groups excluding carboxylic acids is 2. The molecular weight excluding hydrogens is 484 g/mol. The molecule has 2 aromatic rings. The second kappa shape index (κ2) is 12.4. The SMILES string of the molecule is O=C(COc1cc(C(=O)O)ccc1C(=O)O)NCCNC(=O)COc1cc(C(=O)O)ccc1C(=O)O. The van der Waals surface area contributed by atoms with Crippen LogP contribution >= 0.6 is 0 Å². The molecule has 0 saturated heterocycles. The van der Waals surface area contributed by atoms with Gasteiger partial charge in [-0.25, -0.2) is 19.2 Å². The summed E-state index contributed by atoms with van der Waals surface area (Å²) in [7, 11) is 0. The van der Waals surface area contributed by atoms with Gasteiger partial charge in [-0.05, 0) is 36.4 Å². The third kappa shape index (κ3) is 7.72. The molecule has 2 aromatic carbocycles. The molecule has 0 aliphatic carbocycles. The molecule has 0 aliphatic rings. The van der Waals surface area contributed by atoms with E-state index in [1.807, 2.05) is 0 Å². The largest absolute Gasteiger partial charge is 0.483 e. The topological polar surface area (TPSA) is 226 Å². The number of rotatable bonds is 13. The summed E-state index contributed by atoms with van der Waals surface area (Å²) in [5.41, 5.74) is -1.13. The van der Waals surface area contributed by atoms with Gasteiger partial charge in [0, 0.05) is 13.1 Å². The number of aromatic carboxylic acids is 4. The lowest BCUT2D eigenvalue weighted by Gasteiger charge is -2.12. The van der Waals surface area contributed by atoms with Crippen LogP contribution in [0.4, 0.5) is 0 Å². The van der Waals surface area contributed by atoms with Gasteiger partial charge < -0.3 is 40.5 Å². The first kappa shape index (κ1) is 27.1. The molecule has 0 radical (unpaired) electrons. The molecule has 2 amide bonds. The summed E-state index contributed by atoms with van der Waals surface area (Å²) < 4.78 is 10.2. The van der Waals surface area contributed by atoms with Gasteiger partial charge in [-0.1, -0.05) is 0 Å². The van der Waals surface area contributed by atoms with E-state index in [0.717, 1.165) is 36.4 Å². The van der Waals surface area contributed by atoms with Crippen LogP contribution in [-0.2, 0) is 9.59 Å². The van der Waals surface area contributed by atoms with Gasteiger partial charge in [0.05, 0.1) is 11.1 Å². The van der Waals surface area contributed by atoms with Crippen LogP contribution in [0.5, 0.6) is 11.5 Å². The molecule has 0 unspecified atom stereocenters. The zero-order valence-corrected chi connectivity index (χ0v) is 18.3. The van der Waals surface area contributed by atoms with Crippen molar-refractivity contribution >= 4 is 35.7 Å². The molecule has 6 N–H and O–H groups in total. The van der Waals surface area contributed by atoms with Gasteiger partial charge in [0.25, 0.3) is 11.8 Å². The van der Waals surface area contributed by atoms with Crippen molar-refractivity contribution in [3.63, 3.8) is 0 Å². The first-order valence-electron chi connectivity index (χ1n) is 10.00. The zero-order chi connectivity index (χ0) is 26.8. The minimum atomic E-state index is -1.38. The van der Waals surface area contributed by atoms with Crippen LogP contribution in [0, 0.1) is 0 Å². The molecule has 190 valence electrons. The van der Waals surface area contributed by atoms with Crippen LogP contribution in [-0.4, -0.2) is 82.4 Å². The van der Waals surface area contributed by atoms with E-state index in [-0.39, 0.29) is 46.8 Å². The number of carboxylic acid groups (broad SMARTS) is 4. The Morgan fingerprint density at radius 1 is 0.583 bits per heavy atom. The molecule has 0 bridgehead atoms. The van der Waals surface area contributed by atoms with Crippen LogP contribution in [0.2, 0.25) is 0 Å². The summed E-state index contributed by atoms with van der Waals surface area (Å²) in [4.78, 5) is 68.4. The lowest BCUT2D eigenvalue weighted by atomic mass is 10.1. The van der Waals surface area contributed by atoms with Gasteiger partial charge in [-0.2, -0.15) is 0 Å². The Morgan fingerprint density at radius 2 is 0.944 bits per heavy atom. The van der Waals surface area contributed by atoms with E-state index in [0.29, 0.717) is 0 Å². The van der Waals surface area contributed by atoms with E-state index in [1.165, 1.54) is 0 Å². The normalized spacial score (nSPS) is 10.1. The van der Waals surface area contributed by atoms with E-state index < -0.39 is 48.9 Å². The summed E-state index contributed by atoms with van der Waals surface area (Å²) in [6.07, 6.45) is 0. The Labute approximate surface area is 202 Å². The lowest BCUT2D eigenvalue weighted by Crippen LogP contribution is -2.38. The fourth-order valence-electron chi connectivity index (χ4n) is 2.70. The van der Waals surface area contributed by atoms with Crippen molar-refractivity contribution in [2.45, 2.75) is 0 Å². The van der Waals surface area contributed by atoms with E-state index >= 15 is 0 Å². The van der Waals surface area contributed by atoms with Crippen LogP contribution in [0.1, 0.15) is 41.4 Å². The fourth-order valence-corrected chi connectivity index (χ4v) is 2.70. The maximum absolute atomic E-state index is 11.9. The van der Waals surface area contributed by atoms with Gasteiger partial charge in [-0.15, -0.1) is 0 Å². The third-order valence-electron chi connectivity index (χ3n) is 4.40. The van der Waals surface area contributed by atoms with Crippen molar-refractivity contribution in [1.29, 1.82) is 0 Å². The summed E-state index contributed by atoms with van der Waals surface area (Å²) in [6, 6.07) is 6.18. The number of carbonyl (C=O) groups is 6. The molecule has 2 rings (SSSR count). The third-order valence-corrected chi connectivity index (χ3v) is 4.40. The Morgan fingerprint density at radius 3 is 1.25 bits per heavy atom.